The molecule has 1 aromatic rings. The minimum atomic E-state index is -1.60. The van der Waals surface area contributed by atoms with Crippen LogP contribution in [0.3, 0.4) is 0 Å². The number of fused-ring (bicyclic) bond motifs is 1. The number of isothiocyanates is 1. The highest BCUT2D eigenvalue weighted by Gasteiger charge is 2.40. The molecule has 0 spiro atoms. The van der Waals surface area contributed by atoms with Gasteiger partial charge in [0, 0.05) is 12.4 Å². The highest BCUT2D eigenvalue weighted by molar-refractivity contribution is 7.78. The fourth-order valence-corrected chi connectivity index (χ4v) is 1.95. The summed E-state index contributed by atoms with van der Waals surface area (Å²) in [6.07, 6.45) is 4.25. The minimum Gasteiger partial charge on any atom is -0.290 e. The Morgan fingerprint density at radius 1 is 1.50 bits per heavy atom. The predicted molar refractivity (Wildman–Crippen MR) is 84.4 cm³/mol. The van der Waals surface area contributed by atoms with Crippen molar-refractivity contribution in [1.29, 1.82) is 0 Å². The van der Waals surface area contributed by atoms with Crippen LogP contribution in [0.4, 0.5) is 0 Å². The molecule has 10 heteroatoms. The largest absolute Gasteiger partial charge is 0.290 e. The molecule has 0 fully saturated rings. The highest BCUT2D eigenvalue weighted by Crippen LogP contribution is 2.17. The molecule has 22 heavy (non-hydrogen) atoms. The second-order valence-corrected chi connectivity index (χ2v) is 4.40. The quantitative estimate of drug-likeness (QED) is 0.577. The Balaban J connectivity index is 1.92. The van der Waals surface area contributed by atoms with Gasteiger partial charge in [0.25, 0.3) is 11.7 Å². The van der Waals surface area contributed by atoms with Crippen molar-refractivity contribution in [2.24, 2.45) is 30.7 Å². The summed E-state index contributed by atoms with van der Waals surface area (Å²) in [5.74, 6) is -1.87. The van der Waals surface area contributed by atoms with E-state index in [1.54, 1.807) is 18.3 Å². The lowest BCUT2D eigenvalue weighted by atomic mass is 10.2. The van der Waals surface area contributed by atoms with Gasteiger partial charge in [-0.2, -0.15) is 15.0 Å². The molecular formula is C12H8N8OS. The van der Waals surface area contributed by atoms with E-state index in [9.17, 15) is 4.79 Å². The Labute approximate surface area is 129 Å². The van der Waals surface area contributed by atoms with Crippen LogP contribution in [0.2, 0.25) is 0 Å². The maximum absolute atomic E-state index is 12.1. The maximum Gasteiger partial charge on any atom is 0.262 e. The number of hydrogen-bond donors (Lipinski definition) is 2. The summed E-state index contributed by atoms with van der Waals surface area (Å²) in [6.45, 7) is 0. The number of hydrogen-bond acceptors (Lipinski definition) is 9. The van der Waals surface area contributed by atoms with Crippen LogP contribution < -0.4 is 11.1 Å². The molecule has 1 aromatic heterocycles. The van der Waals surface area contributed by atoms with Crippen LogP contribution in [-0.2, 0) is 0 Å². The molecule has 0 aliphatic carbocycles. The highest BCUT2D eigenvalue weighted by atomic mass is 32.1. The second kappa shape index (κ2) is 5.45. The van der Waals surface area contributed by atoms with E-state index >= 15 is 0 Å². The smallest absolute Gasteiger partial charge is 0.262 e. The number of aliphatic imine (C=N–C) groups is 5. The molecule has 0 saturated carbocycles. The molecule has 9 nitrogen and oxygen atoms in total. The first-order chi connectivity index (χ1) is 10.6. The summed E-state index contributed by atoms with van der Waals surface area (Å²) in [7, 11) is 0. The third-order valence-electron chi connectivity index (χ3n) is 2.78. The zero-order valence-electron chi connectivity index (χ0n) is 11.0. The molecule has 0 aromatic carbocycles. The van der Waals surface area contributed by atoms with E-state index in [2.05, 4.69) is 52.6 Å². The number of guanidine groups is 1. The number of amidine groups is 1. The monoisotopic (exact) mass is 312 g/mol. The molecule has 0 saturated heterocycles. The van der Waals surface area contributed by atoms with Gasteiger partial charge < -0.3 is 0 Å². The van der Waals surface area contributed by atoms with Crippen molar-refractivity contribution in [3.63, 3.8) is 0 Å². The van der Waals surface area contributed by atoms with Crippen LogP contribution in [0.1, 0.15) is 10.4 Å². The Kier molecular flexibility index (Phi) is 3.47. The van der Waals surface area contributed by atoms with E-state index in [1.807, 2.05) is 0 Å². The number of amides is 1. The number of aromatic nitrogens is 1. The third-order valence-corrected chi connectivity index (χ3v) is 2.87. The predicted octanol–water partition coefficient (Wildman–Crippen LogP) is -0.222. The van der Waals surface area contributed by atoms with Crippen LogP contribution >= 0.6 is 12.2 Å². The van der Waals surface area contributed by atoms with Gasteiger partial charge in [0.1, 0.15) is 6.34 Å². The summed E-state index contributed by atoms with van der Waals surface area (Å²) < 4.78 is 0. The van der Waals surface area contributed by atoms with E-state index in [-0.39, 0.29) is 17.5 Å². The summed E-state index contributed by atoms with van der Waals surface area (Å²) >= 11 is 4.57. The molecule has 2 aliphatic rings. The van der Waals surface area contributed by atoms with Gasteiger partial charge in [0.05, 0.1) is 10.7 Å². The molecule has 108 valence electrons. The summed E-state index contributed by atoms with van der Waals surface area (Å²) in [4.78, 5) is 35.8. The molecule has 2 aliphatic heterocycles. The molecule has 3 N–H and O–H groups in total. The first kappa shape index (κ1) is 14.0. The third kappa shape index (κ3) is 2.49. The van der Waals surface area contributed by atoms with E-state index in [0.29, 0.717) is 5.56 Å². The maximum atomic E-state index is 12.1. The molecule has 1 amide bonds. The summed E-state index contributed by atoms with van der Waals surface area (Å²) in [5.41, 5.74) is 6.61. The van der Waals surface area contributed by atoms with Crippen molar-refractivity contribution in [3.05, 3.63) is 30.1 Å². The normalized spacial score (nSPS) is 22.0. The van der Waals surface area contributed by atoms with Crippen LogP contribution in [0.5, 0.6) is 0 Å². The van der Waals surface area contributed by atoms with E-state index in [1.165, 1.54) is 12.5 Å². The molecule has 1 atom stereocenters. The average molecular weight is 312 g/mol. The van der Waals surface area contributed by atoms with Gasteiger partial charge in [-0.3, -0.25) is 20.8 Å². The molecule has 3 rings (SSSR count). The average Bonchev–Trinajstić information content (AvgIpc) is 2.97. The first-order valence-electron chi connectivity index (χ1n) is 6.01. The van der Waals surface area contributed by atoms with Gasteiger partial charge in [-0.1, -0.05) is 0 Å². The van der Waals surface area contributed by atoms with Gasteiger partial charge in [-0.05, 0) is 24.4 Å². The van der Waals surface area contributed by atoms with Crippen LogP contribution in [-0.4, -0.2) is 45.7 Å². The lowest BCUT2D eigenvalue weighted by molar-refractivity contribution is 0.0976. The van der Waals surface area contributed by atoms with Gasteiger partial charge >= 0.3 is 0 Å². The number of nitrogens with zero attached hydrogens (tertiary/aromatic N) is 6. The molecule has 3 heterocycles. The number of pyridine rings is 1. The number of carbonyl (C=O) groups excluding carboxylic acids is 1. The second-order valence-electron chi connectivity index (χ2n) is 4.22. The van der Waals surface area contributed by atoms with Crippen LogP contribution in [0, 0.1) is 0 Å². The van der Waals surface area contributed by atoms with E-state index < -0.39 is 11.7 Å². The lowest BCUT2D eigenvalue weighted by Crippen LogP contribution is -2.51. The fourth-order valence-electron chi connectivity index (χ4n) is 1.82. The van der Waals surface area contributed by atoms with Crippen LogP contribution in [0.15, 0.2) is 49.5 Å². The zero-order chi connectivity index (χ0) is 15.6. The summed E-state index contributed by atoms with van der Waals surface area (Å²) in [6, 6.07) is 3.24. The van der Waals surface area contributed by atoms with E-state index in [0.717, 1.165) is 0 Å². The van der Waals surface area contributed by atoms with Gasteiger partial charge in [-0.25, -0.2) is 9.98 Å². The lowest BCUT2D eigenvalue weighted by Gasteiger charge is -2.23. The Morgan fingerprint density at radius 2 is 2.36 bits per heavy atom. The number of nitrogens with two attached hydrogens (primary N) is 1. The summed E-state index contributed by atoms with van der Waals surface area (Å²) in [5, 5.41) is 4.67. The van der Waals surface area contributed by atoms with Crippen LogP contribution in [0.25, 0.3) is 0 Å². The van der Waals surface area contributed by atoms with Crippen molar-refractivity contribution in [2.75, 3.05) is 0 Å². The van der Waals surface area contributed by atoms with Crippen molar-refractivity contribution in [1.82, 2.24) is 10.3 Å². The number of nitrogens with one attached hydrogen (secondary N) is 1. The molecule has 0 radical (unpaired) electrons. The first-order valence-corrected chi connectivity index (χ1v) is 6.42. The van der Waals surface area contributed by atoms with Crippen molar-refractivity contribution < 1.29 is 4.79 Å². The number of thiocarbonyl (C=S) groups is 1. The fraction of sp³-hybridized carbons (Fsp3) is 0.0833. The van der Waals surface area contributed by atoms with Gasteiger partial charge in [0.2, 0.25) is 5.96 Å². The zero-order valence-corrected chi connectivity index (χ0v) is 11.8. The molecular weight excluding hydrogens is 304 g/mol. The standard InChI is InChI=1S/C12H8N8OS/c13-12(17-6-22)8-9(16-5-15-8)18-11(20-12)19-10(21)7-2-1-3-14-4-7/h1-5H,13H2,(H,19,20,21). The molecule has 1 unspecified atom stereocenters. The van der Waals surface area contributed by atoms with Gasteiger partial charge in [0.15, 0.2) is 11.5 Å². The number of carbonyl (C=O) groups is 1. The minimum absolute atomic E-state index is 0.0432. The Bertz CT molecular complexity index is 806. The van der Waals surface area contributed by atoms with Crippen molar-refractivity contribution in [3.8, 4) is 0 Å². The topological polar surface area (TPSA) is 130 Å². The molecule has 0 bridgehead atoms. The van der Waals surface area contributed by atoms with E-state index in [4.69, 9.17) is 5.73 Å². The van der Waals surface area contributed by atoms with Crippen molar-refractivity contribution >= 4 is 47.1 Å². The van der Waals surface area contributed by atoms with Crippen molar-refractivity contribution in [2.45, 2.75) is 5.79 Å². The number of rotatable bonds is 2. The SMILES string of the molecule is NC1(N=C=S)N=C(NC(=O)c2cccnc2)N=C2N=CN=C21. The Hall–Kier alpha value is -2.94. The van der Waals surface area contributed by atoms with Gasteiger partial charge in [-0.15, -0.1) is 0 Å². The Morgan fingerprint density at radius 3 is 3.09 bits per heavy atom.